The van der Waals surface area contributed by atoms with Crippen molar-refractivity contribution in [2.24, 2.45) is 0 Å². The van der Waals surface area contributed by atoms with Gasteiger partial charge in [0.15, 0.2) is 0 Å². The number of hydrogen-bond acceptors (Lipinski definition) is 3. The molecule has 0 unspecified atom stereocenters. The normalized spacial score (nSPS) is 15.7. The molecule has 0 aliphatic rings. The molecule has 0 aromatic rings. The van der Waals surface area contributed by atoms with Crippen molar-refractivity contribution in [2.75, 3.05) is 19.8 Å². The lowest BCUT2D eigenvalue weighted by atomic mass is 9.92. The highest BCUT2D eigenvalue weighted by molar-refractivity contribution is 6.65. The first-order valence-corrected chi connectivity index (χ1v) is 9.28. The fourth-order valence-electron chi connectivity index (χ4n) is 2.49. The quantitative estimate of drug-likeness (QED) is 0.310. The maximum absolute atomic E-state index is 14.4. The minimum absolute atomic E-state index is 0.678. The van der Waals surface area contributed by atoms with E-state index in [4.69, 9.17) is 0 Å². The fraction of sp³-hybridized carbons (Fsp3) is 1.00. The van der Waals surface area contributed by atoms with Gasteiger partial charge < -0.3 is 13.3 Å². The van der Waals surface area contributed by atoms with Crippen molar-refractivity contribution in [3.63, 3.8) is 0 Å². The van der Waals surface area contributed by atoms with Crippen LogP contribution in [0.3, 0.4) is 0 Å². The van der Waals surface area contributed by atoms with E-state index in [2.05, 4.69) is 13.3 Å². The van der Waals surface area contributed by atoms with Crippen molar-refractivity contribution in [3.05, 3.63) is 0 Å². The van der Waals surface area contributed by atoms with Crippen LogP contribution in [0, 0.1) is 0 Å². The fourth-order valence-corrected chi connectivity index (χ4v) is 5.77. The molecule has 0 saturated carbocycles. The van der Waals surface area contributed by atoms with Crippen LogP contribution in [0.15, 0.2) is 0 Å². The monoisotopic (exact) mass is 482 g/mol. The first-order valence-electron chi connectivity index (χ1n) is 7.56. The second-order valence-corrected chi connectivity index (χ2v) is 7.98. The molecular weight excluding hydrogens is 467 g/mol. The van der Waals surface area contributed by atoms with Crippen molar-refractivity contribution in [1.82, 2.24) is 0 Å². The third kappa shape index (κ3) is 4.06. The Morgan fingerprint density at radius 2 is 0.759 bits per heavy atom. The summed E-state index contributed by atoms with van der Waals surface area (Å²) in [6, 6.07) is 0. The average molecular weight is 482 g/mol. The Morgan fingerprint density at radius 3 is 0.931 bits per heavy atom. The molecule has 0 amide bonds. The average Bonchev–Trinajstić information content (AvgIpc) is 2.43. The third-order valence-electron chi connectivity index (χ3n) is 3.53. The molecule has 0 aliphatic carbocycles. The van der Waals surface area contributed by atoms with E-state index in [9.17, 15) is 57.1 Å². The maximum atomic E-state index is 14.4. The van der Waals surface area contributed by atoms with Crippen LogP contribution in [-0.4, -0.2) is 59.0 Å². The molecule has 0 aromatic carbocycles. The summed E-state index contributed by atoms with van der Waals surface area (Å²) in [6.07, 6.45) is -22.5. The van der Waals surface area contributed by atoms with Gasteiger partial charge in [-0.05, 0) is 20.8 Å². The molecule has 0 bridgehead atoms. The van der Waals surface area contributed by atoms with Gasteiger partial charge in [0.25, 0.3) is 5.04 Å². The van der Waals surface area contributed by atoms with Gasteiger partial charge in [0, 0.05) is 19.8 Å². The largest absolute Gasteiger partial charge is 0.533 e. The summed E-state index contributed by atoms with van der Waals surface area (Å²) in [7, 11) is -7.15. The Kier molecular flexibility index (Phi) is 8.14. The van der Waals surface area contributed by atoms with Gasteiger partial charge >= 0.3 is 39.2 Å². The standard InChI is InChI=1S/C12H15F13O3Si/c1-4-26-29(27-5-2,28-6-3)7(10(17,18)19,11(20,21)22)8(13,14)9(15,16)12(23,24)25/h4-6H2,1-3H3. The Labute approximate surface area is 156 Å². The Bertz CT molecular complexity index is 506. The maximum Gasteiger partial charge on any atom is 0.533 e. The van der Waals surface area contributed by atoms with Gasteiger partial charge in [-0.15, -0.1) is 0 Å². The van der Waals surface area contributed by atoms with Gasteiger partial charge in [-0.2, -0.15) is 57.1 Å². The molecule has 0 aliphatic heterocycles. The summed E-state index contributed by atoms with van der Waals surface area (Å²) in [4.78, 5) is 0. The lowest BCUT2D eigenvalue weighted by molar-refractivity contribution is -0.421. The zero-order chi connectivity index (χ0) is 23.7. The molecule has 17 heteroatoms. The second kappa shape index (κ2) is 8.37. The summed E-state index contributed by atoms with van der Waals surface area (Å²) in [5.74, 6) is -15.7. The summed E-state index contributed by atoms with van der Waals surface area (Å²) in [5.41, 5.74) is 0. The van der Waals surface area contributed by atoms with E-state index < -0.39 is 64.0 Å². The number of hydrogen-bond donors (Lipinski definition) is 0. The lowest BCUT2D eigenvalue weighted by Crippen LogP contribution is -2.78. The predicted molar refractivity (Wildman–Crippen MR) is 71.4 cm³/mol. The van der Waals surface area contributed by atoms with Gasteiger partial charge in [0.05, 0.1) is 0 Å². The second-order valence-electron chi connectivity index (χ2n) is 5.25. The summed E-state index contributed by atoms with van der Waals surface area (Å²) >= 11 is 0. The van der Waals surface area contributed by atoms with Gasteiger partial charge in [0.2, 0.25) is 0 Å². The molecular formula is C12H15F13O3Si. The Morgan fingerprint density at radius 1 is 0.483 bits per heavy atom. The third-order valence-corrected chi connectivity index (χ3v) is 7.34. The molecule has 0 saturated heterocycles. The topological polar surface area (TPSA) is 27.7 Å². The van der Waals surface area contributed by atoms with Crippen molar-refractivity contribution < 1.29 is 70.4 Å². The zero-order valence-electron chi connectivity index (χ0n) is 14.8. The van der Waals surface area contributed by atoms with Crippen molar-refractivity contribution in [3.8, 4) is 0 Å². The van der Waals surface area contributed by atoms with Crippen LogP contribution in [-0.2, 0) is 13.3 Å². The SMILES string of the molecule is CCO[Si](OCC)(OCC)C(C(F)(F)F)(C(F)(F)F)C(F)(F)C(F)(F)C(F)(F)F. The highest BCUT2D eigenvalue weighted by atomic mass is 28.4. The van der Waals surface area contributed by atoms with Crippen LogP contribution in [0.25, 0.3) is 0 Å². The molecule has 3 nitrogen and oxygen atoms in total. The Hall–Kier alpha value is -0.813. The van der Waals surface area contributed by atoms with Gasteiger partial charge in [0.1, 0.15) is 0 Å². The van der Waals surface area contributed by atoms with Gasteiger partial charge in [-0.3, -0.25) is 0 Å². The number of halogens is 13. The minimum atomic E-state index is -7.87. The Balaban J connectivity index is 7.74. The highest BCUT2D eigenvalue weighted by Crippen LogP contribution is 2.74. The summed E-state index contributed by atoms with van der Waals surface area (Å²) < 4.78 is 187. The van der Waals surface area contributed by atoms with Crippen molar-refractivity contribution >= 4 is 8.80 Å². The summed E-state index contributed by atoms with van der Waals surface area (Å²) in [5, 5.41) is -7.15. The predicted octanol–water partition coefficient (Wildman–Crippen LogP) is 5.73. The molecule has 176 valence electrons. The molecule has 0 aromatic heterocycles. The molecule has 0 rings (SSSR count). The van der Waals surface area contributed by atoms with Crippen LogP contribution in [0.4, 0.5) is 57.1 Å². The smallest absolute Gasteiger partial charge is 0.373 e. The van der Waals surface area contributed by atoms with Crippen LogP contribution in [0.2, 0.25) is 5.04 Å². The molecule has 0 heterocycles. The zero-order valence-corrected chi connectivity index (χ0v) is 15.8. The first kappa shape index (κ1) is 28.2. The van der Waals surface area contributed by atoms with Crippen LogP contribution >= 0.6 is 0 Å². The van der Waals surface area contributed by atoms with E-state index >= 15 is 0 Å². The highest BCUT2D eigenvalue weighted by Gasteiger charge is 3.01. The molecule has 0 N–H and O–H groups in total. The van der Waals surface area contributed by atoms with E-state index in [0.717, 1.165) is 0 Å². The molecule has 0 fully saturated rings. The summed E-state index contributed by atoms with van der Waals surface area (Å²) in [6.45, 7) is -1.78. The van der Waals surface area contributed by atoms with E-state index in [1.807, 2.05) is 0 Å². The van der Waals surface area contributed by atoms with Gasteiger partial charge in [-0.1, -0.05) is 0 Å². The van der Waals surface area contributed by atoms with Crippen LogP contribution < -0.4 is 0 Å². The molecule has 29 heavy (non-hydrogen) atoms. The van der Waals surface area contributed by atoms with Crippen LogP contribution in [0.1, 0.15) is 20.8 Å². The van der Waals surface area contributed by atoms with Crippen molar-refractivity contribution in [2.45, 2.75) is 56.2 Å². The lowest BCUT2D eigenvalue weighted by Gasteiger charge is -2.50. The minimum Gasteiger partial charge on any atom is -0.373 e. The van der Waals surface area contributed by atoms with E-state index in [1.54, 1.807) is 0 Å². The van der Waals surface area contributed by atoms with E-state index in [1.165, 1.54) is 0 Å². The number of rotatable bonds is 9. The van der Waals surface area contributed by atoms with E-state index in [-0.39, 0.29) is 0 Å². The molecule has 0 radical (unpaired) electrons. The molecule has 0 spiro atoms. The number of alkyl halides is 13. The first-order chi connectivity index (χ1) is 12.7. The molecule has 0 atom stereocenters. The van der Waals surface area contributed by atoms with E-state index in [0.29, 0.717) is 20.8 Å². The van der Waals surface area contributed by atoms with Gasteiger partial charge in [-0.25, -0.2) is 0 Å². The van der Waals surface area contributed by atoms with Crippen molar-refractivity contribution in [1.29, 1.82) is 0 Å². The van der Waals surface area contributed by atoms with Crippen LogP contribution in [0.5, 0.6) is 0 Å².